The molecule has 1 aromatic heterocycles. The second kappa shape index (κ2) is 3.51. The van der Waals surface area contributed by atoms with Crippen molar-refractivity contribution in [2.24, 2.45) is 13.0 Å². The van der Waals surface area contributed by atoms with E-state index in [0.717, 1.165) is 0 Å². The van der Waals surface area contributed by atoms with Gasteiger partial charge in [-0.25, -0.2) is 0 Å². The third-order valence-electron chi connectivity index (χ3n) is 4.51. The molecule has 0 radical (unpaired) electrons. The Morgan fingerprint density at radius 3 is 2.79 bits per heavy atom. The molecule has 1 nitrogen and oxygen atoms in total. The summed E-state index contributed by atoms with van der Waals surface area (Å²) < 4.78 is 2.35. The predicted molar refractivity (Wildman–Crippen MR) is 81.2 cm³/mol. The number of hydrogen-bond acceptors (Lipinski definition) is 0. The number of aryl methyl sites for hydroxylation is 2. The van der Waals surface area contributed by atoms with Crippen LogP contribution in [0, 0.1) is 12.8 Å². The summed E-state index contributed by atoms with van der Waals surface area (Å²) in [6, 6.07) is 6.77. The van der Waals surface area contributed by atoms with Crippen LogP contribution in [0.15, 0.2) is 42.5 Å². The van der Waals surface area contributed by atoms with Crippen LogP contribution in [0.5, 0.6) is 0 Å². The van der Waals surface area contributed by atoms with Gasteiger partial charge in [-0.15, -0.1) is 0 Å². The van der Waals surface area contributed by atoms with Gasteiger partial charge < -0.3 is 4.57 Å². The van der Waals surface area contributed by atoms with Crippen molar-refractivity contribution in [1.29, 1.82) is 0 Å². The zero-order valence-electron chi connectivity index (χ0n) is 11.6. The van der Waals surface area contributed by atoms with Gasteiger partial charge >= 0.3 is 0 Å². The maximum Gasteiger partial charge on any atom is 0.0490 e. The second-order valence-electron chi connectivity index (χ2n) is 5.66. The van der Waals surface area contributed by atoms with Crippen LogP contribution in [0.2, 0.25) is 0 Å². The van der Waals surface area contributed by atoms with E-state index in [4.69, 9.17) is 0 Å². The average Bonchev–Trinajstić information content (AvgIpc) is 2.86. The summed E-state index contributed by atoms with van der Waals surface area (Å²) in [4.78, 5) is 0. The standard InChI is InChI=1S/C18H17N/c1-11-8-9-16-15(10-11)17-14-7-5-4-6-13(14)12(2)18(17)19(16)3/h4-10,13H,1-3H3. The summed E-state index contributed by atoms with van der Waals surface area (Å²) in [5.41, 5.74) is 5.61. The Balaban J connectivity index is 2.33. The zero-order chi connectivity index (χ0) is 13.1. The van der Waals surface area contributed by atoms with Gasteiger partial charge in [0.1, 0.15) is 0 Å². The normalized spacial score (nSPS) is 20.3. The molecule has 0 fully saturated rings. The van der Waals surface area contributed by atoms with Gasteiger partial charge in [0, 0.05) is 34.4 Å². The van der Waals surface area contributed by atoms with Crippen molar-refractivity contribution >= 4 is 22.0 Å². The number of benzene rings is 1. The molecule has 0 bridgehead atoms. The molecule has 0 N–H and O–H groups in total. The molecule has 1 aromatic carbocycles. The predicted octanol–water partition coefficient (Wildman–Crippen LogP) is 2.56. The molecule has 1 heteroatoms. The monoisotopic (exact) mass is 247 g/mol. The highest BCUT2D eigenvalue weighted by Crippen LogP contribution is 2.30. The van der Waals surface area contributed by atoms with Gasteiger partial charge in [0.05, 0.1) is 0 Å². The molecule has 0 saturated carbocycles. The minimum atomic E-state index is 0.478. The van der Waals surface area contributed by atoms with E-state index in [2.05, 4.69) is 68.0 Å². The Bertz CT molecular complexity index is 888. The fourth-order valence-corrected chi connectivity index (χ4v) is 3.62. The Morgan fingerprint density at radius 1 is 1.11 bits per heavy atom. The molecule has 0 amide bonds. The lowest BCUT2D eigenvalue weighted by Crippen LogP contribution is -2.27. The first-order valence-corrected chi connectivity index (χ1v) is 6.83. The molecule has 0 aliphatic heterocycles. The number of allylic oxidation sites excluding steroid dienone is 4. The number of fused-ring (bicyclic) bond motifs is 4. The van der Waals surface area contributed by atoms with Crippen molar-refractivity contribution < 1.29 is 0 Å². The van der Waals surface area contributed by atoms with Gasteiger partial charge in [-0.3, -0.25) is 0 Å². The van der Waals surface area contributed by atoms with E-state index < -0.39 is 0 Å². The smallest absolute Gasteiger partial charge is 0.0490 e. The largest absolute Gasteiger partial charge is 0.344 e. The lowest BCUT2D eigenvalue weighted by atomic mass is 9.91. The number of hydrogen-bond donors (Lipinski definition) is 0. The highest BCUT2D eigenvalue weighted by atomic mass is 14.9. The van der Waals surface area contributed by atoms with Gasteiger partial charge in [-0.05, 0) is 37.1 Å². The lowest BCUT2D eigenvalue weighted by molar-refractivity contribution is 0.914. The van der Waals surface area contributed by atoms with E-state index in [-0.39, 0.29) is 0 Å². The maximum atomic E-state index is 2.35. The molecule has 19 heavy (non-hydrogen) atoms. The molecule has 0 spiro atoms. The van der Waals surface area contributed by atoms with Crippen molar-refractivity contribution in [2.75, 3.05) is 0 Å². The average molecular weight is 247 g/mol. The number of nitrogens with zero attached hydrogens (tertiary/aromatic N) is 1. The molecular formula is C18H17N. The van der Waals surface area contributed by atoms with E-state index in [1.807, 2.05) is 0 Å². The second-order valence-corrected chi connectivity index (χ2v) is 5.66. The van der Waals surface area contributed by atoms with Gasteiger partial charge in [0.2, 0.25) is 0 Å². The SMILES string of the molecule is CC1=c2c(c3cc(C)ccc3n2C)=C2C=CC=CC21. The molecule has 1 atom stereocenters. The Labute approximate surface area is 112 Å². The summed E-state index contributed by atoms with van der Waals surface area (Å²) >= 11 is 0. The third-order valence-corrected chi connectivity index (χ3v) is 4.51. The Kier molecular flexibility index (Phi) is 2.00. The number of aromatic nitrogens is 1. The van der Waals surface area contributed by atoms with Crippen LogP contribution in [0.25, 0.3) is 22.0 Å². The molecule has 2 aliphatic rings. The van der Waals surface area contributed by atoms with E-state index >= 15 is 0 Å². The quantitative estimate of drug-likeness (QED) is 0.674. The minimum absolute atomic E-state index is 0.478. The first-order chi connectivity index (χ1) is 9.18. The maximum absolute atomic E-state index is 2.35. The molecule has 4 rings (SSSR count). The van der Waals surface area contributed by atoms with Gasteiger partial charge in [0.25, 0.3) is 0 Å². The van der Waals surface area contributed by atoms with E-state index in [0.29, 0.717) is 5.92 Å². The van der Waals surface area contributed by atoms with E-state index in [1.54, 1.807) is 0 Å². The highest BCUT2D eigenvalue weighted by molar-refractivity contribution is 5.91. The van der Waals surface area contributed by atoms with Crippen LogP contribution in [0.4, 0.5) is 0 Å². The molecule has 2 aromatic rings. The van der Waals surface area contributed by atoms with E-state index in [1.165, 1.54) is 38.2 Å². The minimum Gasteiger partial charge on any atom is -0.344 e. The molecular weight excluding hydrogens is 230 g/mol. The molecule has 1 unspecified atom stereocenters. The van der Waals surface area contributed by atoms with Crippen molar-refractivity contribution in [3.63, 3.8) is 0 Å². The van der Waals surface area contributed by atoms with Crippen molar-refractivity contribution in [2.45, 2.75) is 13.8 Å². The first-order valence-electron chi connectivity index (χ1n) is 6.83. The van der Waals surface area contributed by atoms with Crippen LogP contribution in [0.3, 0.4) is 0 Å². The van der Waals surface area contributed by atoms with Crippen LogP contribution >= 0.6 is 0 Å². The molecule has 94 valence electrons. The summed E-state index contributed by atoms with van der Waals surface area (Å²) in [6.07, 6.45) is 8.91. The van der Waals surface area contributed by atoms with Crippen molar-refractivity contribution in [1.82, 2.24) is 4.57 Å². The lowest BCUT2D eigenvalue weighted by Gasteiger charge is -2.13. The number of rotatable bonds is 0. The van der Waals surface area contributed by atoms with Crippen LogP contribution in [-0.4, -0.2) is 4.57 Å². The van der Waals surface area contributed by atoms with Crippen molar-refractivity contribution in [3.8, 4) is 0 Å². The summed E-state index contributed by atoms with van der Waals surface area (Å²) in [6.45, 7) is 4.44. The zero-order valence-corrected chi connectivity index (χ0v) is 11.6. The molecule has 2 aliphatic carbocycles. The topological polar surface area (TPSA) is 4.93 Å². The fraction of sp³-hybridized carbons (Fsp3) is 0.222. The third kappa shape index (κ3) is 1.25. The van der Waals surface area contributed by atoms with Gasteiger partial charge in [0.15, 0.2) is 0 Å². The van der Waals surface area contributed by atoms with Gasteiger partial charge in [-0.2, -0.15) is 0 Å². The highest BCUT2D eigenvalue weighted by Gasteiger charge is 2.24. The van der Waals surface area contributed by atoms with Crippen LogP contribution in [-0.2, 0) is 7.05 Å². The van der Waals surface area contributed by atoms with Crippen molar-refractivity contribution in [3.05, 3.63) is 58.6 Å². The summed E-state index contributed by atoms with van der Waals surface area (Å²) in [5.74, 6) is 0.478. The fourth-order valence-electron chi connectivity index (χ4n) is 3.62. The van der Waals surface area contributed by atoms with Crippen LogP contribution in [0.1, 0.15) is 12.5 Å². The van der Waals surface area contributed by atoms with Gasteiger partial charge in [-0.1, -0.05) is 35.9 Å². The molecule has 1 heterocycles. The Hall–Kier alpha value is -2.02. The first kappa shape index (κ1) is 10.9. The Morgan fingerprint density at radius 2 is 1.95 bits per heavy atom. The van der Waals surface area contributed by atoms with E-state index in [9.17, 15) is 0 Å². The van der Waals surface area contributed by atoms with Crippen LogP contribution < -0.4 is 10.6 Å². The molecule has 0 saturated heterocycles. The summed E-state index contributed by atoms with van der Waals surface area (Å²) in [7, 11) is 2.19. The summed E-state index contributed by atoms with van der Waals surface area (Å²) in [5, 5.41) is 4.26.